The third-order valence-electron chi connectivity index (χ3n) is 5.96. The molecule has 14 heteroatoms. The minimum atomic E-state index is -4.55. The van der Waals surface area contributed by atoms with Crippen LogP contribution in [0.15, 0.2) is 36.7 Å². The van der Waals surface area contributed by atoms with Crippen LogP contribution in [0.4, 0.5) is 13.2 Å². The number of aliphatic hydroxyl groups excluding tert-OH is 1. The molecule has 3 aromatic rings. The smallest absolute Gasteiger partial charge is 0.422 e. The van der Waals surface area contributed by atoms with E-state index >= 15 is 0 Å². The quantitative estimate of drug-likeness (QED) is 0.465. The second kappa shape index (κ2) is 9.82. The highest BCUT2D eigenvalue weighted by Gasteiger charge is 2.36. The second-order valence-electron chi connectivity index (χ2n) is 9.11. The van der Waals surface area contributed by atoms with Crippen molar-refractivity contribution < 1.29 is 41.0 Å². The standard InChI is InChI=1S/C23H25F3N4O6S/c1-14(31)18-16-12-15(36-21-17(4-3-8-27-21)35-13-23(24,25)26)5-9-30(16)29-19(18)20(32)28-22(2)6-10-37(33,34)11-7-22/h3-5,8-9,12,14,31H,6-7,10-11,13H2,1-2H3,(H,28,32)/t14-/m1/s1. The first kappa shape index (κ1) is 26.7. The Hall–Kier alpha value is -3.39. The highest BCUT2D eigenvalue weighted by Crippen LogP contribution is 2.33. The minimum Gasteiger partial charge on any atom is -0.478 e. The van der Waals surface area contributed by atoms with Crippen LogP contribution in [0, 0.1) is 0 Å². The highest BCUT2D eigenvalue weighted by molar-refractivity contribution is 7.91. The number of sulfone groups is 1. The SMILES string of the molecule is C[C@@H](O)c1c(C(=O)NC2(C)CCS(=O)(=O)CC2)nn2ccc(Oc3ncccc3OCC(F)(F)F)cc12. The average Bonchev–Trinajstić information content (AvgIpc) is 3.20. The molecule has 0 aliphatic carbocycles. The third kappa shape index (κ3) is 6.31. The molecule has 0 bridgehead atoms. The number of rotatable bonds is 7. The van der Waals surface area contributed by atoms with Crippen LogP contribution in [0.25, 0.3) is 5.52 Å². The number of carbonyl (C=O) groups excluding carboxylic acids is 1. The number of hydrogen-bond donors (Lipinski definition) is 2. The summed E-state index contributed by atoms with van der Waals surface area (Å²) in [6.07, 6.45) is -2.38. The van der Waals surface area contributed by atoms with Crippen LogP contribution in [0.1, 0.15) is 48.8 Å². The molecule has 200 valence electrons. The molecule has 4 rings (SSSR count). The number of halogens is 3. The Morgan fingerprint density at radius 1 is 1.30 bits per heavy atom. The van der Waals surface area contributed by atoms with E-state index in [2.05, 4.69) is 15.4 Å². The lowest BCUT2D eigenvalue weighted by molar-refractivity contribution is -0.153. The molecule has 4 heterocycles. The fourth-order valence-corrected chi connectivity index (χ4v) is 5.70. The van der Waals surface area contributed by atoms with Gasteiger partial charge in [-0.05, 0) is 44.9 Å². The first-order valence-corrected chi connectivity index (χ1v) is 13.1. The topological polar surface area (TPSA) is 132 Å². The lowest BCUT2D eigenvalue weighted by Crippen LogP contribution is -2.51. The molecule has 1 aliphatic heterocycles. The summed E-state index contributed by atoms with van der Waals surface area (Å²) in [5.74, 6) is -0.917. The highest BCUT2D eigenvalue weighted by atomic mass is 32.2. The maximum atomic E-state index is 13.2. The van der Waals surface area contributed by atoms with Gasteiger partial charge in [0.25, 0.3) is 11.8 Å². The molecule has 0 saturated carbocycles. The van der Waals surface area contributed by atoms with E-state index in [1.165, 1.54) is 48.1 Å². The predicted octanol–water partition coefficient (Wildman–Crippen LogP) is 3.21. The number of ether oxygens (including phenoxy) is 2. The first-order chi connectivity index (χ1) is 17.3. The molecule has 10 nitrogen and oxygen atoms in total. The monoisotopic (exact) mass is 542 g/mol. The van der Waals surface area contributed by atoms with Crippen molar-refractivity contribution in [3.05, 3.63) is 47.9 Å². The van der Waals surface area contributed by atoms with Gasteiger partial charge in [0, 0.05) is 29.6 Å². The number of carbonyl (C=O) groups is 1. The van der Waals surface area contributed by atoms with Crippen LogP contribution < -0.4 is 14.8 Å². The van der Waals surface area contributed by atoms with E-state index in [4.69, 9.17) is 9.47 Å². The average molecular weight is 543 g/mol. The van der Waals surface area contributed by atoms with Crippen molar-refractivity contribution in [3.63, 3.8) is 0 Å². The maximum Gasteiger partial charge on any atom is 0.422 e. The van der Waals surface area contributed by atoms with Crippen LogP contribution in [-0.2, 0) is 9.84 Å². The van der Waals surface area contributed by atoms with Gasteiger partial charge in [0.15, 0.2) is 18.1 Å². The molecule has 0 unspecified atom stereocenters. The van der Waals surface area contributed by atoms with Crippen molar-refractivity contribution in [3.8, 4) is 17.4 Å². The third-order valence-corrected chi connectivity index (χ3v) is 7.62. The van der Waals surface area contributed by atoms with E-state index in [1.54, 1.807) is 6.92 Å². The molecule has 0 spiro atoms. The molecule has 1 aliphatic rings. The number of alkyl halides is 3. The van der Waals surface area contributed by atoms with Crippen molar-refractivity contribution in [1.82, 2.24) is 19.9 Å². The number of amides is 1. The molecule has 1 fully saturated rings. The molecule has 3 aromatic heterocycles. The molecular weight excluding hydrogens is 517 g/mol. The molecule has 1 amide bonds. The van der Waals surface area contributed by atoms with Gasteiger partial charge in [-0.1, -0.05) is 0 Å². The molecule has 1 saturated heterocycles. The number of nitrogens with one attached hydrogen (secondary N) is 1. The van der Waals surface area contributed by atoms with E-state index in [0.717, 1.165) is 0 Å². The van der Waals surface area contributed by atoms with E-state index in [9.17, 15) is 31.5 Å². The van der Waals surface area contributed by atoms with Gasteiger partial charge in [0.05, 0.1) is 23.1 Å². The lowest BCUT2D eigenvalue weighted by Gasteiger charge is -2.34. The summed E-state index contributed by atoms with van der Waals surface area (Å²) < 4.78 is 73.1. The van der Waals surface area contributed by atoms with E-state index in [0.29, 0.717) is 5.52 Å². The van der Waals surface area contributed by atoms with Gasteiger partial charge >= 0.3 is 6.18 Å². The van der Waals surface area contributed by atoms with Crippen LogP contribution in [0.2, 0.25) is 0 Å². The van der Waals surface area contributed by atoms with E-state index in [-0.39, 0.29) is 53.0 Å². The largest absolute Gasteiger partial charge is 0.478 e. The van der Waals surface area contributed by atoms with E-state index < -0.39 is 40.2 Å². The fourth-order valence-electron chi connectivity index (χ4n) is 3.97. The van der Waals surface area contributed by atoms with Crippen molar-refractivity contribution >= 4 is 21.3 Å². The maximum absolute atomic E-state index is 13.2. The fraction of sp³-hybridized carbons (Fsp3) is 0.435. The Kier molecular flexibility index (Phi) is 7.08. The minimum absolute atomic E-state index is 0.0406. The first-order valence-electron chi connectivity index (χ1n) is 11.3. The number of aromatic nitrogens is 3. The summed E-state index contributed by atoms with van der Waals surface area (Å²) in [7, 11) is -3.14. The summed E-state index contributed by atoms with van der Waals surface area (Å²) >= 11 is 0. The van der Waals surface area contributed by atoms with E-state index in [1.807, 2.05) is 0 Å². The van der Waals surface area contributed by atoms with Gasteiger partial charge in [-0.2, -0.15) is 18.3 Å². The van der Waals surface area contributed by atoms with Gasteiger partial charge < -0.3 is 19.9 Å². The Labute approximate surface area is 210 Å². The Morgan fingerprint density at radius 2 is 2.00 bits per heavy atom. The normalized spacial score (nSPS) is 17.8. The van der Waals surface area contributed by atoms with Gasteiger partial charge in [0.2, 0.25) is 0 Å². The summed E-state index contributed by atoms with van der Waals surface area (Å²) in [6.45, 7) is 1.69. The Bertz CT molecular complexity index is 1410. The number of fused-ring (bicyclic) bond motifs is 1. The van der Waals surface area contributed by atoms with Crippen LogP contribution >= 0.6 is 0 Å². The molecule has 37 heavy (non-hydrogen) atoms. The lowest BCUT2D eigenvalue weighted by atomic mass is 9.94. The second-order valence-corrected chi connectivity index (χ2v) is 11.4. The summed E-state index contributed by atoms with van der Waals surface area (Å²) in [5.41, 5.74) is -0.282. The van der Waals surface area contributed by atoms with Gasteiger partial charge in [0.1, 0.15) is 15.6 Å². The molecule has 1 atom stereocenters. The van der Waals surface area contributed by atoms with Crippen molar-refractivity contribution in [2.24, 2.45) is 0 Å². The Balaban J connectivity index is 1.61. The van der Waals surface area contributed by atoms with Crippen LogP contribution in [0.3, 0.4) is 0 Å². The summed E-state index contributed by atoms with van der Waals surface area (Å²) in [5, 5.41) is 17.6. The molecule has 0 radical (unpaired) electrons. The van der Waals surface area contributed by atoms with Crippen molar-refractivity contribution in [2.75, 3.05) is 18.1 Å². The number of nitrogens with zero attached hydrogens (tertiary/aromatic N) is 3. The van der Waals surface area contributed by atoms with Crippen LogP contribution in [-0.4, -0.2) is 63.9 Å². The summed E-state index contributed by atoms with van der Waals surface area (Å²) in [4.78, 5) is 17.1. The zero-order valence-corrected chi connectivity index (χ0v) is 20.8. The van der Waals surface area contributed by atoms with Gasteiger partial charge in [-0.15, -0.1) is 0 Å². The van der Waals surface area contributed by atoms with Gasteiger partial charge in [-0.25, -0.2) is 17.9 Å². The summed E-state index contributed by atoms with van der Waals surface area (Å²) in [6, 6.07) is 5.61. The molecule has 0 aromatic carbocycles. The van der Waals surface area contributed by atoms with Crippen molar-refractivity contribution in [2.45, 2.75) is 44.5 Å². The Morgan fingerprint density at radius 3 is 2.65 bits per heavy atom. The molecule has 2 N–H and O–H groups in total. The number of pyridine rings is 2. The molecular formula is C23H25F3N4O6S. The van der Waals surface area contributed by atoms with Crippen molar-refractivity contribution in [1.29, 1.82) is 0 Å². The predicted molar refractivity (Wildman–Crippen MR) is 125 cm³/mol. The van der Waals surface area contributed by atoms with Gasteiger partial charge in [-0.3, -0.25) is 4.79 Å². The zero-order valence-electron chi connectivity index (χ0n) is 19.9. The number of hydrogen-bond acceptors (Lipinski definition) is 8. The zero-order chi connectivity index (χ0) is 27.0. The number of aliphatic hydroxyl groups is 1. The van der Waals surface area contributed by atoms with Crippen LogP contribution in [0.5, 0.6) is 17.4 Å².